The fraction of sp³-hybridized carbons (Fsp3) is 0.538. The average molecular weight is 375 g/mol. The van der Waals surface area contributed by atoms with Crippen LogP contribution in [0.2, 0.25) is 0 Å². The lowest BCUT2D eigenvalue weighted by molar-refractivity contribution is -0.385. The average Bonchev–Trinajstić information content (AvgIpc) is 2.74. The Morgan fingerprint density at radius 2 is 2.32 bits per heavy atom. The van der Waals surface area contributed by atoms with Crippen molar-refractivity contribution >= 4 is 34.0 Å². The number of halogens is 1. The van der Waals surface area contributed by atoms with E-state index < -0.39 is 0 Å². The molecule has 6 heteroatoms. The Kier molecular flexibility index (Phi) is 4.62. The third kappa shape index (κ3) is 3.56. The normalized spacial score (nSPS) is 19.6. The van der Waals surface area contributed by atoms with Crippen LogP contribution >= 0.6 is 22.6 Å². The maximum atomic E-state index is 10.8. The largest absolute Gasteiger partial charge is 0.374 e. The van der Waals surface area contributed by atoms with Gasteiger partial charge >= 0.3 is 0 Å². The zero-order valence-electron chi connectivity index (χ0n) is 11.2. The lowest BCUT2D eigenvalue weighted by Gasteiger charge is -2.23. The van der Waals surface area contributed by atoms with Crippen molar-refractivity contribution < 1.29 is 4.92 Å². The van der Waals surface area contributed by atoms with Crippen molar-refractivity contribution in [3.8, 4) is 0 Å². The third-order valence-electron chi connectivity index (χ3n) is 3.59. The van der Waals surface area contributed by atoms with Gasteiger partial charge in [0.1, 0.15) is 0 Å². The predicted molar refractivity (Wildman–Crippen MR) is 84.7 cm³/mol. The molecule has 0 amide bonds. The summed E-state index contributed by atoms with van der Waals surface area (Å²) in [6, 6.07) is 5.31. The molecule has 0 bridgehead atoms. The van der Waals surface area contributed by atoms with Gasteiger partial charge in [-0.3, -0.25) is 10.1 Å². The highest BCUT2D eigenvalue weighted by atomic mass is 127. The van der Waals surface area contributed by atoms with Crippen molar-refractivity contribution in [2.24, 2.45) is 5.92 Å². The highest BCUT2D eigenvalue weighted by Gasteiger charge is 2.21. The predicted octanol–water partition coefficient (Wildman–Crippen LogP) is 2.59. The fourth-order valence-corrected chi connectivity index (χ4v) is 3.25. The molecule has 0 spiro atoms. The van der Waals surface area contributed by atoms with E-state index in [2.05, 4.69) is 23.9 Å². The van der Waals surface area contributed by atoms with E-state index in [4.69, 9.17) is 0 Å². The number of nitrogens with zero attached hydrogens (tertiary/aromatic N) is 3. The lowest BCUT2D eigenvalue weighted by Crippen LogP contribution is -2.27. The van der Waals surface area contributed by atoms with Crippen LogP contribution in [-0.4, -0.2) is 43.6 Å². The van der Waals surface area contributed by atoms with Gasteiger partial charge in [-0.25, -0.2) is 0 Å². The number of benzene rings is 1. The van der Waals surface area contributed by atoms with Crippen molar-refractivity contribution in [1.29, 1.82) is 0 Å². The summed E-state index contributed by atoms with van der Waals surface area (Å²) in [6.45, 7) is 3.29. The van der Waals surface area contributed by atoms with Gasteiger partial charge in [0.25, 0.3) is 5.69 Å². The van der Waals surface area contributed by atoms with Crippen molar-refractivity contribution in [1.82, 2.24) is 4.90 Å². The summed E-state index contributed by atoms with van der Waals surface area (Å²) in [6.07, 6.45) is 1.23. The maximum absolute atomic E-state index is 10.8. The van der Waals surface area contributed by atoms with Crippen molar-refractivity contribution in [3.05, 3.63) is 31.9 Å². The molecule has 1 aliphatic heterocycles. The zero-order chi connectivity index (χ0) is 14.0. The Hall–Kier alpha value is -0.890. The quantitative estimate of drug-likeness (QED) is 0.461. The molecule has 5 nitrogen and oxygen atoms in total. The maximum Gasteiger partial charge on any atom is 0.282 e. The summed E-state index contributed by atoms with van der Waals surface area (Å²) in [7, 11) is 4.20. The summed E-state index contributed by atoms with van der Waals surface area (Å²) in [5.74, 6) is 0.683. The van der Waals surface area contributed by atoms with Crippen LogP contribution in [0.5, 0.6) is 0 Å². The van der Waals surface area contributed by atoms with E-state index in [1.165, 1.54) is 6.42 Å². The highest BCUT2D eigenvalue weighted by Crippen LogP contribution is 2.27. The Morgan fingerprint density at radius 1 is 1.58 bits per heavy atom. The highest BCUT2D eigenvalue weighted by molar-refractivity contribution is 14.1. The van der Waals surface area contributed by atoms with E-state index in [1.807, 2.05) is 34.7 Å². The molecular weight excluding hydrogens is 357 g/mol. The molecule has 1 aromatic rings. The Balaban J connectivity index is 2.05. The van der Waals surface area contributed by atoms with Gasteiger partial charge in [-0.1, -0.05) is 0 Å². The Bertz CT molecular complexity index is 481. The first-order chi connectivity index (χ1) is 8.97. The van der Waals surface area contributed by atoms with E-state index in [0.29, 0.717) is 9.49 Å². The van der Waals surface area contributed by atoms with Gasteiger partial charge in [-0.15, -0.1) is 0 Å². The molecular formula is C13H18IN3O2. The van der Waals surface area contributed by atoms with Crippen LogP contribution in [0.4, 0.5) is 11.4 Å². The van der Waals surface area contributed by atoms with Crippen LogP contribution in [0.15, 0.2) is 18.2 Å². The molecule has 0 radical (unpaired) electrons. The van der Waals surface area contributed by atoms with Crippen molar-refractivity contribution in [3.63, 3.8) is 0 Å². The first kappa shape index (κ1) is 14.5. The molecule has 1 atom stereocenters. The van der Waals surface area contributed by atoms with Crippen LogP contribution in [0, 0.1) is 19.6 Å². The lowest BCUT2D eigenvalue weighted by atomic mass is 10.1. The zero-order valence-corrected chi connectivity index (χ0v) is 13.3. The molecule has 0 aliphatic carbocycles. The number of nitro groups is 1. The minimum absolute atomic E-state index is 0.179. The summed E-state index contributed by atoms with van der Waals surface area (Å²) >= 11 is 2.03. The number of anilines is 1. The second-order valence-corrected chi connectivity index (χ2v) is 6.35. The molecule has 2 rings (SSSR count). The number of hydrogen-bond donors (Lipinski definition) is 0. The van der Waals surface area contributed by atoms with Crippen LogP contribution in [0.1, 0.15) is 6.42 Å². The molecule has 1 heterocycles. The van der Waals surface area contributed by atoms with E-state index in [0.717, 1.165) is 25.3 Å². The summed E-state index contributed by atoms with van der Waals surface area (Å²) in [5.41, 5.74) is 1.22. The number of rotatable bonds is 4. The van der Waals surface area contributed by atoms with Crippen LogP contribution in [0.3, 0.4) is 0 Å². The van der Waals surface area contributed by atoms with E-state index in [-0.39, 0.29) is 10.6 Å². The minimum Gasteiger partial charge on any atom is -0.374 e. The molecule has 1 saturated heterocycles. The number of nitro benzene ring substituents is 1. The summed E-state index contributed by atoms with van der Waals surface area (Å²) in [5, 5.41) is 10.8. The minimum atomic E-state index is -0.336. The number of likely N-dealkylation sites (tertiary alicyclic amines) is 1. The Labute approximate surface area is 126 Å². The molecule has 1 unspecified atom stereocenters. The van der Waals surface area contributed by atoms with Gasteiger partial charge < -0.3 is 9.80 Å². The second kappa shape index (κ2) is 6.04. The van der Waals surface area contributed by atoms with Crippen molar-refractivity contribution in [2.75, 3.05) is 38.6 Å². The molecule has 0 aromatic heterocycles. The van der Waals surface area contributed by atoms with Gasteiger partial charge in [0, 0.05) is 31.9 Å². The molecule has 0 N–H and O–H groups in total. The van der Waals surface area contributed by atoms with E-state index >= 15 is 0 Å². The molecule has 1 fully saturated rings. The number of hydrogen-bond acceptors (Lipinski definition) is 4. The fourth-order valence-electron chi connectivity index (χ4n) is 2.55. The summed E-state index contributed by atoms with van der Waals surface area (Å²) < 4.78 is 0.690. The van der Waals surface area contributed by atoms with Crippen molar-refractivity contribution in [2.45, 2.75) is 6.42 Å². The Morgan fingerprint density at radius 3 is 2.84 bits per heavy atom. The smallest absolute Gasteiger partial charge is 0.282 e. The molecule has 1 aliphatic rings. The second-order valence-electron chi connectivity index (χ2n) is 5.19. The third-order valence-corrected chi connectivity index (χ3v) is 4.45. The topological polar surface area (TPSA) is 49.6 Å². The molecule has 1 aromatic carbocycles. The van der Waals surface area contributed by atoms with Gasteiger partial charge in [0.15, 0.2) is 0 Å². The molecule has 104 valence electrons. The first-order valence-corrected chi connectivity index (χ1v) is 7.39. The molecule has 0 saturated carbocycles. The van der Waals surface area contributed by atoms with Crippen LogP contribution in [0.25, 0.3) is 0 Å². The SMILES string of the molecule is CN1CCC(CN(C)c2ccc([N+](=O)[O-])c(I)c2)C1. The van der Waals surface area contributed by atoms with E-state index in [9.17, 15) is 10.1 Å². The summed E-state index contributed by atoms with van der Waals surface area (Å²) in [4.78, 5) is 15.0. The molecule has 19 heavy (non-hydrogen) atoms. The first-order valence-electron chi connectivity index (χ1n) is 6.31. The van der Waals surface area contributed by atoms with Gasteiger partial charge in [-0.2, -0.15) is 0 Å². The van der Waals surface area contributed by atoms with Crippen LogP contribution in [-0.2, 0) is 0 Å². The van der Waals surface area contributed by atoms with E-state index in [1.54, 1.807) is 6.07 Å². The monoisotopic (exact) mass is 375 g/mol. The standard InChI is InChI=1S/C13H18IN3O2/c1-15-6-5-10(8-15)9-16(2)11-3-4-13(17(18)19)12(14)7-11/h3-4,7,10H,5-6,8-9H2,1-2H3. The van der Waals surface area contributed by atoms with Gasteiger partial charge in [-0.05, 0) is 60.7 Å². The van der Waals surface area contributed by atoms with Gasteiger partial charge in [0.2, 0.25) is 0 Å². The van der Waals surface area contributed by atoms with Crippen LogP contribution < -0.4 is 4.90 Å². The van der Waals surface area contributed by atoms with Gasteiger partial charge in [0.05, 0.1) is 8.49 Å².